The lowest BCUT2D eigenvalue weighted by atomic mass is 9.68. The summed E-state index contributed by atoms with van der Waals surface area (Å²) in [6.45, 7) is 33.0. The molecule has 1 atom stereocenters. The molecule has 0 fully saturated rings. The number of allylic oxidation sites excluding steroid dienone is 11. The minimum absolute atomic E-state index is 0.214. The van der Waals surface area contributed by atoms with Gasteiger partial charge in [0, 0.05) is 11.0 Å². The van der Waals surface area contributed by atoms with Crippen molar-refractivity contribution in [2.24, 2.45) is 5.73 Å². The summed E-state index contributed by atoms with van der Waals surface area (Å²) in [6.07, 6.45) is 8.10. The van der Waals surface area contributed by atoms with Crippen molar-refractivity contribution in [2.45, 2.75) is 93.9 Å². The van der Waals surface area contributed by atoms with Crippen LogP contribution in [0.4, 0.5) is 4.39 Å². The smallest absolute Gasteiger partial charge is 0.134 e. The molecule has 1 aromatic rings. The number of halogens is 1. The molecule has 1 rings (SSSR count). The van der Waals surface area contributed by atoms with E-state index in [1.807, 2.05) is 46.8 Å². The first-order chi connectivity index (χ1) is 17.6. The lowest BCUT2D eigenvalue weighted by Gasteiger charge is -2.35. The van der Waals surface area contributed by atoms with Crippen LogP contribution in [0.5, 0.6) is 0 Å². The van der Waals surface area contributed by atoms with Gasteiger partial charge in [0.1, 0.15) is 5.83 Å². The van der Waals surface area contributed by atoms with Crippen LogP contribution >= 0.6 is 0 Å². The zero-order valence-corrected chi connectivity index (χ0v) is 25.7. The van der Waals surface area contributed by atoms with Gasteiger partial charge >= 0.3 is 0 Å². The van der Waals surface area contributed by atoms with Crippen molar-refractivity contribution in [1.29, 1.82) is 0 Å². The van der Waals surface area contributed by atoms with Crippen LogP contribution in [0.1, 0.15) is 98.3 Å². The summed E-state index contributed by atoms with van der Waals surface area (Å²) in [7, 11) is 0. The van der Waals surface area contributed by atoms with E-state index in [9.17, 15) is 0 Å². The Labute approximate surface area is 232 Å². The maximum Gasteiger partial charge on any atom is 0.134 e. The largest absolute Gasteiger partial charge is 0.405 e. The van der Waals surface area contributed by atoms with Gasteiger partial charge in [0.15, 0.2) is 0 Å². The van der Waals surface area contributed by atoms with E-state index in [2.05, 4.69) is 72.6 Å². The van der Waals surface area contributed by atoms with Crippen LogP contribution in [-0.4, -0.2) is 0 Å². The van der Waals surface area contributed by atoms with E-state index in [0.717, 1.165) is 51.8 Å². The SMILES string of the molecule is C=C(C)/C(CC/C(C(=C)C)=C(\F)c1cc(C(C)(/C(C)=C/N)/C(=C/C=C(C)C)C(=C)C)ccc1C)=C(/C)CC. The van der Waals surface area contributed by atoms with Crippen molar-refractivity contribution in [3.63, 3.8) is 0 Å². The summed E-state index contributed by atoms with van der Waals surface area (Å²) >= 11 is 0. The highest BCUT2D eigenvalue weighted by atomic mass is 19.1. The predicted molar refractivity (Wildman–Crippen MR) is 169 cm³/mol. The summed E-state index contributed by atoms with van der Waals surface area (Å²) in [5.74, 6) is -0.214. The average Bonchev–Trinajstić information content (AvgIpc) is 2.84. The molecule has 0 aromatic heterocycles. The molecule has 0 aliphatic rings. The number of hydrogen-bond donors (Lipinski definition) is 1. The summed E-state index contributed by atoms with van der Waals surface area (Å²) < 4.78 is 16.4. The van der Waals surface area contributed by atoms with Crippen LogP contribution in [0.25, 0.3) is 5.83 Å². The fraction of sp³-hybridized carbons (Fsp3) is 0.389. The molecule has 1 aromatic carbocycles. The lowest BCUT2D eigenvalue weighted by Crippen LogP contribution is -2.28. The second kappa shape index (κ2) is 14.1. The Hall–Kier alpha value is -3.13. The Morgan fingerprint density at radius 2 is 1.45 bits per heavy atom. The normalized spacial score (nSPS) is 15.2. The van der Waals surface area contributed by atoms with Gasteiger partial charge in [-0.25, -0.2) is 4.39 Å². The van der Waals surface area contributed by atoms with Gasteiger partial charge in [-0.05, 0) is 127 Å². The third-order valence-corrected chi connectivity index (χ3v) is 7.64. The van der Waals surface area contributed by atoms with Gasteiger partial charge in [-0.1, -0.05) is 78.8 Å². The first-order valence-electron chi connectivity index (χ1n) is 13.5. The van der Waals surface area contributed by atoms with E-state index in [-0.39, 0.29) is 5.83 Å². The van der Waals surface area contributed by atoms with Crippen LogP contribution < -0.4 is 5.73 Å². The Morgan fingerprint density at radius 3 is 1.89 bits per heavy atom. The molecule has 1 unspecified atom stereocenters. The predicted octanol–water partition coefficient (Wildman–Crippen LogP) is 10.9. The minimum atomic E-state index is -0.577. The first kappa shape index (κ1) is 32.9. The maximum atomic E-state index is 16.4. The zero-order chi connectivity index (χ0) is 29.4. The van der Waals surface area contributed by atoms with E-state index in [1.165, 1.54) is 16.7 Å². The molecule has 0 spiro atoms. The fourth-order valence-corrected chi connectivity index (χ4v) is 4.84. The number of rotatable bonds is 12. The molecule has 0 radical (unpaired) electrons. The van der Waals surface area contributed by atoms with Crippen molar-refractivity contribution in [3.8, 4) is 0 Å². The van der Waals surface area contributed by atoms with Crippen molar-refractivity contribution in [2.75, 3.05) is 0 Å². The molecule has 0 amide bonds. The van der Waals surface area contributed by atoms with Gasteiger partial charge in [0.2, 0.25) is 0 Å². The molecular weight excluding hydrogens is 465 g/mol. The maximum absolute atomic E-state index is 16.4. The van der Waals surface area contributed by atoms with E-state index in [4.69, 9.17) is 5.73 Å². The summed E-state index contributed by atoms with van der Waals surface area (Å²) in [4.78, 5) is 0. The quantitative estimate of drug-likeness (QED) is 0.275. The van der Waals surface area contributed by atoms with Crippen LogP contribution in [0.3, 0.4) is 0 Å². The van der Waals surface area contributed by atoms with Crippen LogP contribution in [0, 0.1) is 6.92 Å². The van der Waals surface area contributed by atoms with Gasteiger partial charge in [0.05, 0.1) is 0 Å². The molecule has 1 nitrogen and oxygen atoms in total. The van der Waals surface area contributed by atoms with Crippen molar-refractivity contribution >= 4 is 5.83 Å². The van der Waals surface area contributed by atoms with E-state index >= 15 is 4.39 Å². The molecule has 0 saturated heterocycles. The number of aryl methyl sites for hydroxylation is 1. The van der Waals surface area contributed by atoms with Crippen LogP contribution in [-0.2, 0) is 5.41 Å². The number of benzene rings is 1. The summed E-state index contributed by atoms with van der Waals surface area (Å²) in [5, 5.41) is 0. The first-order valence-corrected chi connectivity index (χ1v) is 13.5. The van der Waals surface area contributed by atoms with E-state index < -0.39 is 5.41 Å². The van der Waals surface area contributed by atoms with Gasteiger partial charge in [-0.2, -0.15) is 0 Å². The molecule has 0 heterocycles. The third-order valence-electron chi connectivity index (χ3n) is 7.64. The minimum Gasteiger partial charge on any atom is -0.405 e. The van der Waals surface area contributed by atoms with Crippen molar-refractivity contribution in [1.82, 2.24) is 0 Å². The zero-order valence-electron chi connectivity index (χ0n) is 25.7. The monoisotopic (exact) mass is 515 g/mol. The standard InChI is InChI=1S/C36H50FN/c1-14-27(10)31(24(4)5)18-19-32(25(6)7)35(37)33-21-30(17-16-28(33)11)36(13,29(12)22-38)34(26(8)9)20-15-23(2)3/h15-17,20-22H,4,6,8,14,18-19,38H2,1-3,5,7,9-13H3/b29-22+,31-27-,34-20+,35-32+. The average molecular weight is 516 g/mol. The van der Waals surface area contributed by atoms with Gasteiger partial charge in [0.25, 0.3) is 0 Å². The van der Waals surface area contributed by atoms with Gasteiger partial charge in [-0.3, -0.25) is 0 Å². The van der Waals surface area contributed by atoms with Crippen molar-refractivity contribution in [3.05, 3.63) is 123 Å². The summed E-state index contributed by atoms with van der Waals surface area (Å²) in [5.41, 5.74) is 17.1. The molecule has 0 aliphatic heterocycles. The Bertz CT molecular complexity index is 1240. The molecule has 0 bridgehead atoms. The summed E-state index contributed by atoms with van der Waals surface area (Å²) in [6, 6.07) is 6.05. The molecule has 0 aliphatic carbocycles. The van der Waals surface area contributed by atoms with E-state index in [0.29, 0.717) is 17.6 Å². The highest BCUT2D eigenvalue weighted by Gasteiger charge is 2.34. The van der Waals surface area contributed by atoms with Gasteiger partial charge in [-0.15, -0.1) is 0 Å². The second-order valence-corrected chi connectivity index (χ2v) is 11.1. The third kappa shape index (κ3) is 7.69. The second-order valence-electron chi connectivity index (χ2n) is 11.1. The number of nitrogens with two attached hydrogens (primary N) is 1. The van der Waals surface area contributed by atoms with Crippen molar-refractivity contribution < 1.29 is 4.39 Å². The highest BCUT2D eigenvalue weighted by Crippen LogP contribution is 2.43. The number of hydrogen-bond acceptors (Lipinski definition) is 1. The lowest BCUT2D eigenvalue weighted by molar-refractivity contribution is 0.659. The molecular formula is C36H50FN. The fourth-order valence-electron chi connectivity index (χ4n) is 4.84. The van der Waals surface area contributed by atoms with Crippen LogP contribution in [0.2, 0.25) is 0 Å². The van der Waals surface area contributed by atoms with Crippen LogP contribution in [0.15, 0.2) is 106 Å². The Morgan fingerprint density at radius 1 is 0.895 bits per heavy atom. The van der Waals surface area contributed by atoms with Gasteiger partial charge < -0.3 is 5.73 Å². The Kier molecular flexibility index (Phi) is 12.2. The van der Waals surface area contributed by atoms with E-state index in [1.54, 1.807) is 6.20 Å². The molecule has 0 saturated carbocycles. The molecule has 206 valence electrons. The topological polar surface area (TPSA) is 26.0 Å². The Balaban J connectivity index is 3.89. The molecule has 2 heteroatoms. The molecule has 38 heavy (non-hydrogen) atoms. The highest BCUT2D eigenvalue weighted by molar-refractivity contribution is 5.70. The molecule has 2 N–H and O–H groups in total.